The molecule has 0 aliphatic heterocycles. The second kappa shape index (κ2) is 4.42. The van der Waals surface area contributed by atoms with Crippen LogP contribution in [0.1, 0.15) is 20.1 Å². The van der Waals surface area contributed by atoms with Crippen molar-refractivity contribution in [3.8, 4) is 0 Å². The Labute approximate surface area is 118 Å². The molecule has 5 nitrogen and oxygen atoms in total. The number of carbonyl (C=O) groups is 1. The smallest absolute Gasteiger partial charge is 0.339 e. The zero-order valence-electron chi connectivity index (χ0n) is 11.3. The van der Waals surface area contributed by atoms with E-state index >= 15 is 0 Å². The van der Waals surface area contributed by atoms with Gasteiger partial charge in [0.05, 0.1) is 23.6 Å². The third-order valence-electron chi connectivity index (χ3n) is 3.24. The van der Waals surface area contributed by atoms with Gasteiger partial charge in [-0.1, -0.05) is 0 Å². The number of pyridine rings is 1. The van der Waals surface area contributed by atoms with Crippen LogP contribution >= 0.6 is 11.3 Å². The maximum absolute atomic E-state index is 12.6. The van der Waals surface area contributed by atoms with Crippen LogP contribution < -0.4 is 5.56 Å². The van der Waals surface area contributed by atoms with E-state index in [1.54, 1.807) is 23.5 Å². The average Bonchev–Trinajstić information content (AvgIpc) is 2.73. The highest BCUT2D eigenvalue weighted by atomic mass is 32.1. The van der Waals surface area contributed by atoms with Crippen molar-refractivity contribution in [2.45, 2.75) is 13.8 Å². The fourth-order valence-electron chi connectivity index (χ4n) is 2.28. The molecule has 102 valence electrons. The van der Waals surface area contributed by atoms with Gasteiger partial charge in [-0.25, -0.2) is 9.78 Å². The Hall–Kier alpha value is -2.21. The molecule has 3 aromatic heterocycles. The van der Waals surface area contributed by atoms with Crippen LogP contribution in [0.4, 0.5) is 0 Å². The number of esters is 1. The molecule has 3 heterocycles. The summed E-state index contributed by atoms with van der Waals surface area (Å²) >= 11 is 1.55. The summed E-state index contributed by atoms with van der Waals surface area (Å²) in [6, 6.07) is 3.26. The SMILES string of the molecule is COC(=O)c1ccc2nc3c(C)sc(C)c3c(=O)n2c1. The van der Waals surface area contributed by atoms with Crippen LogP contribution in [0.15, 0.2) is 23.1 Å². The minimum Gasteiger partial charge on any atom is -0.465 e. The molecule has 0 fully saturated rings. The molecule has 0 atom stereocenters. The Morgan fingerprint density at radius 1 is 1.30 bits per heavy atom. The van der Waals surface area contributed by atoms with Crippen molar-refractivity contribution in [3.63, 3.8) is 0 Å². The van der Waals surface area contributed by atoms with Crippen LogP contribution in [0.5, 0.6) is 0 Å². The predicted octanol–water partition coefficient (Wildman–Crippen LogP) is 2.31. The van der Waals surface area contributed by atoms with E-state index in [0.29, 0.717) is 16.6 Å². The highest BCUT2D eigenvalue weighted by molar-refractivity contribution is 7.13. The molecule has 0 amide bonds. The van der Waals surface area contributed by atoms with Gasteiger partial charge in [-0.3, -0.25) is 9.20 Å². The largest absolute Gasteiger partial charge is 0.465 e. The molecule has 6 heteroatoms. The van der Waals surface area contributed by atoms with Gasteiger partial charge in [0.2, 0.25) is 0 Å². The van der Waals surface area contributed by atoms with Gasteiger partial charge in [0, 0.05) is 16.0 Å². The van der Waals surface area contributed by atoms with Crippen molar-refractivity contribution in [3.05, 3.63) is 44.0 Å². The number of aryl methyl sites for hydroxylation is 2. The van der Waals surface area contributed by atoms with Gasteiger partial charge in [-0.15, -0.1) is 11.3 Å². The number of aromatic nitrogens is 2. The number of fused-ring (bicyclic) bond motifs is 2. The Balaban J connectivity index is 2.44. The van der Waals surface area contributed by atoms with E-state index in [0.717, 1.165) is 15.3 Å². The van der Waals surface area contributed by atoms with E-state index in [2.05, 4.69) is 9.72 Å². The molecule has 0 saturated carbocycles. The first kappa shape index (κ1) is 12.8. The van der Waals surface area contributed by atoms with Gasteiger partial charge < -0.3 is 4.74 Å². The van der Waals surface area contributed by atoms with Crippen LogP contribution in [0.3, 0.4) is 0 Å². The minimum atomic E-state index is -0.475. The van der Waals surface area contributed by atoms with E-state index in [-0.39, 0.29) is 5.56 Å². The topological polar surface area (TPSA) is 60.7 Å². The Morgan fingerprint density at radius 2 is 2.05 bits per heavy atom. The Bertz CT molecular complexity index is 908. The van der Waals surface area contributed by atoms with Crippen LogP contribution in [0.25, 0.3) is 16.6 Å². The lowest BCUT2D eigenvalue weighted by Gasteiger charge is -2.04. The average molecular weight is 288 g/mol. The number of methoxy groups -OCH3 is 1. The quantitative estimate of drug-likeness (QED) is 0.645. The molecule has 0 aliphatic carbocycles. The van der Waals surface area contributed by atoms with Crippen molar-refractivity contribution in [1.29, 1.82) is 0 Å². The summed E-state index contributed by atoms with van der Waals surface area (Å²) in [4.78, 5) is 30.6. The third kappa shape index (κ3) is 1.72. The molecule has 0 saturated heterocycles. The summed E-state index contributed by atoms with van der Waals surface area (Å²) in [7, 11) is 1.31. The first-order valence-corrected chi connectivity index (χ1v) is 6.85. The number of nitrogens with zero attached hydrogens (tertiary/aromatic N) is 2. The number of carbonyl (C=O) groups excluding carboxylic acids is 1. The van der Waals surface area contributed by atoms with Crippen molar-refractivity contribution in [2.24, 2.45) is 0 Å². The number of hydrogen-bond donors (Lipinski definition) is 0. The maximum Gasteiger partial charge on any atom is 0.339 e. The molecule has 0 aromatic carbocycles. The highest BCUT2D eigenvalue weighted by Crippen LogP contribution is 2.26. The zero-order chi connectivity index (χ0) is 14.4. The van der Waals surface area contributed by atoms with Crippen molar-refractivity contribution in [2.75, 3.05) is 7.11 Å². The van der Waals surface area contributed by atoms with E-state index in [1.807, 2.05) is 13.8 Å². The first-order chi connectivity index (χ1) is 9.52. The maximum atomic E-state index is 12.6. The summed E-state index contributed by atoms with van der Waals surface area (Å²) in [5.74, 6) is -0.475. The van der Waals surface area contributed by atoms with Crippen molar-refractivity contribution < 1.29 is 9.53 Å². The predicted molar refractivity (Wildman–Crippen MR) is 77.7 cm³/mol. The minimum absolute atomic E-state index is 0.155. The number of hydrogen-bond acceptors (Lipinski definition) is 5. The molecular weight excluding hydrogens is 276 g/mol. The Kier molecular flexibility index (Phi) is 2.83. The molecule has 20 heavy (non-hydrogen) atoms. The summed E-state index contributed by atoms with van der Waals surface area (Å²) in [6.45, 7) is 3.85. The lowest BCUT2D eigenvalue weighted by atomic mass is 10.2. The molecule has 0 radical (unpaired) electrons. The van der Waals surface area contributed by atoms with Gasteiger partial charge in [0.15, 0.2) is 0 Å². The van der Waals surface area contributed by atoms with Crippen LogP contribution in [-0.2, 0) is 4.74 Å². The van der Waals surface area contributed by atoms with E-state index < -0.39 is 5.97 Å². The fraction of sp³-hybridized carbons (Fsp3) is 0.214. The number of ether oxygens (including phenoxy) is 1. The van der Waals surface area contributed by atoms with Crippen molar-refractivity contribution >= 4 is 33.9 Å². The fourth-order valence-corrected chi connectivity index (χ4v) is 3.27. The van der Waals surface area contributed by atoms with Crippen LogP contribution in [0.2, 0.25) is 0 Å². The molecule has 0 unspecified atom stereocenters. The normalized spacial score (nSPS) is 11.2. The van der Waals surface area contributed by atoms with E-state index in [1.165, 1.54) is 17.7 Å². The van der Waals surface area contributed by atoms with E-state index in [4.69, 9.17) is 0 Å². The standard InChI is InChI=1S/C14H12N2O3S/c1-7-11-12(8(2)20-7)15-10-5-4-9(14(18)19-3)6-16(10)13(11)17/h4-6H,1-3H3. The Morgan fingerprint density at radius 3 is 2.75 bits per heavy atom. The monoisotopic (exact) mass is 288 g/mol. The molecule has 0 N–H and O–H groups in total. The van der Waals surface area contributed by atoms with E-state index in [9.17, 15) is 9.59 Å². The van der Waals surface area contributed by atoms with Gasteiger partial charge >= 0.3 is 5.97 Å². The molecule has 3 aromatic rings. The van der Waals surface area contributed by atoms with Gasteiger partial charge in [0.25, 0.3) is 5.56 Å². The summed E-state index contributed by atoms with van der Waals surface area (Å²) in [5.41, 5.74) is 1.44. The molecule has 0 aliphatic rings. The molecule has 0 spiro atoms. The summed E-state index contributed by atoms with van der Waals surface area (Å²) < 4.78 is 6.06. The molecule has 3 rings (SSSR count). The number of rotatable bonds is 1. The third-order valence-corrected chi connectivity index (χ3v) is 4.25. The summed E-state index contributed by atoms with van der Waals surface area (Å²) in [6.07, 6.45) is 1.47. The van der Waals surface area contributed by atoms with Gasteiger partial charge in [-0.2, -0.15) is 0 Å². The summed E-state index contributed by atoms with van der Waals surface area (Å²) in [5, 5.41) is 0.618. The van der Waals surface area contributed by atoms with Crippen LogP contribution in [0, 0.1) is 13.8 Å². The second-order valence-corrected chi connectivity index (χ2v) is 5.92. The lowest BCUT2D eigenvalue weighted by molar-refractivity contribution is 0.0600. The number of thiophene rings is 1. The lowest BCUT2D eigenvalue weighted by Crippen LogP contribution is -2.16. The molecular formula is C14H12N2O3S. The van der Waals surface area contributed by atoms with Crippen molar-refractivity contribution in [1.82, 2.24) is 9.38 Å². The van der Waals surface area contributed by atoms with Gasteiger partial charge in [0.1, 0.15) is 5.65 Å². The van der Waals surface area contributed by atoms with Crippen LogP contribution in [-0.4, -0.2) is 22.5 Å². The first-order valence-electron chi connectivity index (χ1n) is 6.03. The van der Waals surface area contributed by atoms with Gasteiger partial charge in [-0.05, 0) is 26.0 Å². The molecule has 0 bridgehead atoms. The highest BCUT2D eigenvalue weighted by Gasteiger charge is 2.14. The zero-order valence-corrected chi connectivity index (χ0v) is 12.1. The second-order valence-electron chi connectivity index (χ2n) is 4.49.